The van der Waals surface area contributed by atoms with Gasteiger partial charge in [-0.15, -0.1) is 0 Å². The number of methoxy groups -OCH3 is 2. The van der Waals surface area contributed by atoms with E-state index in [1.165, 1.54) is 7.11 Å². The highest BCUT2D eigenvalue weighted by atomic mass is 35.5. The third kappa shape index (κ3) is 4.14. The molecule has 29 heavy (non-hydrogen) atoms. The fraction of sp³-hybridized carbons (Fsp3) is 0.238. The molecule has 1 atom stereocenters. The Morgan fingerprint density at radius 2 is 1.90 bits per heavy atom. The Hall–Kier alpha value is -3.19. The van der Waals surface area contributed by atoms with Gasteiger partial charge in [0.15, 0.2) is 0 Å². The van der Waals surface area contributed by atoms with Gasteiger partial charge in [0, 0.05) is 22.0 Å². The third-order valence-electron chi connectivity index (χ3n) is 4.78. The zero-order chi connectivity index (χ0) is 21.1. The molecule has 1 heterocycles. The molecule has 8 heteroatoms. The summed E-state index contributed by atoms with van der Waals surface area (Å²) in [7, 11) is 3.07. The molecule has 3 N–H and O–H groups in total. The van der Waals surface area contributed by atoms with Crippen LogP contribution >= 0.6 is 11.6 Å². The van der Waals surface area contributed by atoms with Crippen molar-refractivity contribution in [2.75, 3.05) is 19.5 Å². The first kappa shape index (κ1) is 20.5. The number of urea groups is 1. The second-order valence-electron chi connectivity index (χ2n) is 6.54. The van der Waals surface area contributed by atoms with Crippen molar-refractivity contribution in [1.82, 2.24) is 10.6 Å². The molecule has 7 nitrogen and oxygen atoms in total. The molecule has 0 aromatic heterocycles. The van der Waals surface area contributed by atoms with Crippen LogP contribution in [0.15, 0.2) is 47.7 Å². The molecule has 0 unspecified atom stereocenters. The summed E-state index contributed by atoms with van der Waals surface area (Å²) in [6, 6.07) is 9.36. The molecule has 0 saturated carbocycles. The van der Waals surface area contributed by atoms with E-state index in [1.807, 2.05) is 6.92 Å². The SMILES string of the molecule is COc1ccc(OC)c([C@H]2NC(=O)NC(C)=C2C(=O)Nc2cccc(Cl)c2C)c1. The summed E-state index contributed by atoms with van der Waals surface area (Å²) in [5.41, 5.74) is 2.76. The maximum Gasteiger partial charge on any atom is 0.319 e. The van der Waals surface area contributed by atoms with E-state index >= 15 is 0 Å². The van der Waals surface area contributed by atoms with Gasteiger partial charge < -0.3 is 25.4 Å². The molecule has 1 aliphatic rings. The number of hydrogen-bond donors (Lipinski definition) is 3. The third-order valence-corrected chi connectivity index (χ3v) is 5.19. The smallest absolute Gasteiger partial charge is 0.319 e. The van der Waals surface area contributed by atoms with Crippen molar-refractivity contribution in [3.05, 3.63) is 63.8 Å². The highest BCUT2D eigenvalue weighted by molar-refractivity contribution is 6.31. The lowest BCUT2D eigenvalue weighted by Crippen LogP contribution is -2.46. The van der Waals surface area contributed by atoms with E-state index in [0.29, 0.717) is 39.0 Å². The number of benzene rings is 2. The van der Waals surface area contributed by atoms with Gasteiger partial charge in [0.1, 0.15) is 11.5 Å². The first-order valence-electron chi connectivity index (χ1n) is 8.92. The van der Waals surface area contributed by atoms with E-state index in [-0.39, 0.29) is 5.91 Å². The highest BCUT2D eigenvalue weighted by Crippen LogP contribution is 2.36. The number of hydrogen-bond acceptors (Lipinski definition) is 4. The van der Waals surface area contributed by atoms with Crippen LogP contribution in [0.1, 0.15) is 24.1 Å². The van der Waals surface area contributed by atoms with Gasteiger partial charge >= 0.3 is 6.03 Å². The number of carbonyl (C=O) groups is 2. The van der Waals surface area contributed by atoms with Crippen LogP contribution in [0, 0.1) is 6.92 Å². The predicted octanol–water partition coefficient (Wildman–Crippen LogP) is 3.93. The summed E-state index contributed by atoms with van der Waals surface area (Å²) < 4.78 is 10.8. The molecule has 0 spiro atoms. The van der Waals surface area contributed by atoms with Gasteiger partial charge in [-0.25, -0.2) is 4.79 Å². The Balaban J connectivity index is 2.05. The number of amides is 3. The van der Waals surface area contributed by atoms with E-state index in [4.69, 9.17) is 21.1 Å². The van der Waals surface area contributed by atoms with E-state index in [0.717, 1.165) is 5.56 Å². The molecule has 0 radical (unpaired) electrons. The summed E-state index contributed by atoms with van der Waals surface area (Å²) >= 11 is 6.17. The van der Waals surface area contributed by atoms with Gasteiger partial charge in [-0.1, -0.05) is 17.7 Å². The number of ether oxygens (including phenoxy) is 2. The Kier molecular flexibility index (Phi) is 5.98. The molecule has 3 amide bonds. The minimum absolute atomic E-state index is 0.357. The van der Waals surface area contributed by atoms with Crippen LogP contribution in [-0.2, 0) is 4.79 Å². The second kappa shape index (κ2) is 8.45. The summed E-state index contributed by atoms with van der Waals surface area (Å²) in [6.45, 7) is 3.50. The summed E-state index contributed by atoms with van der Waals surface area (Å²) in [6.07, 6.45) is 0. The lowest BCUT2D eigenvalue weighted by Gasteiger charge is -2.30. The largest absolute Gasteiger partial charge is 0.497 e. The molecule has 0 aliphatic carbocycles. The van der Waals surface area contributed by atoms with Gasteiger partial charge in [0.05, 0.1) is 25.8 Å². The maximum absolute atomic E-state index is 13.2. The van der Waals surface area contributed by atoms with Crippen molar-refractivity contribution in [2.45, 2.75) is 19.9 Å². The fourth-order valence-electron chi connectivity index (χ4n) is 3.23. The normalized spacial score (nSPS) is 16.0. The Morgan fingerprint density at radius 1 is 1.14 bits per heavy atom. The van der Waals surface area contributed by atoms with Gasteiger partial charge in [-0.05, 0) is 49.7 Å². The van der Waals surface area contributed by atoms with Crippen LogP contribution in [0.4, 0.5) is 10.5 Å². The number of halogens is 1. The lowest BCUT2D eigenvalue weighted by atomic mass is 9.93. The Morgan fingerprint density at radius 3 is 2.59 bits per heavy atom. The minimum atomic E-state index is -0.728. The number of rotatable bonds is 5. The monoisotopic (exact) mass is 415 g/mol. The first-order chi connectivity index (χ1) is 13.8. The Bertz CT molecular complexity index is 1000. The van der Waals surface area contributed by atoms with Crippen LogP contribution in [0.2, 0.25) is 5.02 Å². The van der Waals surface area contributed by atoms with E-state index < -0.39 is 12.1 Å². The van der Waals surface area contributed by atoms with Crippen molar-refractivity contribution in [1.29, 1.82) is 0 Å². The zero-order valence-corrected chi connectivity index (χ0v) is 17.3. The molecule has 1 aliphatic heterocycles. The van der Waals surface area contributed by atoms with Gasteiger partial charge in [0.25, 0.3) is 5.91 Å². The number of allylic oxidation sites excluding steroid dienone is 1. The predicted molar refractivity (Wildman–Crippen MR) is 111 cm³/mol. The van der Waals surface area contributed by atoms with Crippen LogP contribution < -0.4 is 25.4 Å². The molecule has 3 rings (SSSR count). The molecule has 0 bridgehead atoms. The van der Waals surface area contributed by atoms with Crippen molar-refractivity contribution >= 4 is 29.2 Å². The number of nitrogens with one attached hydrogen (secondary N) is 3. The average molecular weight is 416 g/mol. The summed E-state index contributed by atoms with van der Waals surface area (Å²) in [5.74, 6) is 0.738. The van der Waals surface area contributed by atoms with Crippen molar-refractivity contribution in [3.63, 3.8) is 0 Å². The standard InChI is InChI=1S/C21H22ClN3O4/c1-11-15(22)6-5-7-16(11)24-20(26)18-12(2)23-21(27)25-19(18)14-10-13(28-3)8-9-17(14)29-4/h5-10,19H,1-4H3,(H,24,26)(H2,23,25,27)/t19-/m1/s1. The van der Waals surface area contributed by atoms with Crippen LogP contribution in [0.25, 0.3) is 0 Å². The summed E-state index contributed by atoms with van der Waals surface area (Å²) in [5, 5.41) is 8.90. The van der Waals surface area contributed by atoms with Crippen LogP contribution in [-0.4, -0.2) is 26.2 Å². The molecular formula is C21H22ClN3O4. The second-order valence-corrected chi connectivity index (χ2v) is 6.95. The molecule has 0 fully saturated rings. The van der Waals surface area contributed by atoms with Crippen LogP contribution in [0.3, 0.4) is 0 Å². The van der Waals surface area contributed by atoms with Gasteiger partial charge in [0.2, 0.25) is 0 Å². The molecule has 2 aromatic rings. The first-order valence-corrected chi connectivity index (χ1v) is 9.30. The maximum atomic E-state index is 13.2. The Labute approximate surface area is 174 Å². The summed E-state index contributed by atoms with van der Waals surface area (Å²) in [4.78, 5) is 25.4. The fourth-order valence-corrected chi connectivity index (χ4v) is 3.40. The van der Waals surface area contributed by atoms with E-state index in [2.05, 4.69) is 16.0 Å². The number of anilines is 1. The molecule has 2 aromatic carbocycles. The van der Waals surface area contributed by atoms with Crippen molar-refractivity contribution < 1.29 is 19.1 Å². The lowest BCUT2D eigenvalue weighted by molar-refractivity contribution is -0.113. The average Bonchev–Trinajstić information content (AvgIpc) is 2.70. The van der Waals surface area contributed by atoms with Crippen molar-refractivity contribution in [3.8, 4) is 11.5 Å². The van der Waals surface area contributed by atoms with E-state index in [1.54, 1.807) is 50.4 Å². The highest BCUT2D eigenvalue weighted by Gasteiger charge is 2.33. The van der Waals surface area contributed by atoms with E-state index in [9.17, 15) is 9.59 Å². The zero-order valence-electron chi connectivity index (χ0n) is 16.6. The minimum Gasteiger partial charge on any atom is -0.497 e. The molecule has 0 saturated heterocycles. The molecule has 152 valence electrons. The van der Waals surface area contributed by atoms with Crippen molar-refractivity contribution in [2.24, 2.45) is 0 Å². The topological polar surface area (TPSA) is 88.7 Å². The number of carbonyl (C=O) groups excluding carboxylic acids is 2. The van der Waals surface area contributed by atoms with Gasteiger partial charge in [-0.2, -0.15) is 0 Å². The quantitative estimate of drug-likeness (QED) is 0.690. The van der Waals surface area contributed by atoms with Gasteiger partial charge in [-0.3, -0.25) is 4.79 Å². The molecular weight excluding hydrogens is 394 g/mol. The van der Waals surface area contributed by atoms with Crippen LogP contribution in [0.5, 0.6) is 11.5 Å².